The zero-order valence-electron chi connectivity index (χ0n) is 20.1. The van der Waals surface area contributed by atoms with Crippen molar-refractivity contribution in [3.63, 3.8) is 0 Å². The number of nitrogens with one attached hydrogen (secondary N) is 1. The van der Waals surface area contributed by atoms with Crippen LogP contribution >= 0.6 is 0 Å². The molecule has 1 N–H and O–H groups in total. The maximum Gasteiger partial charge on any atom is 0.227 e. The summed E-state index contributed by atoms with van der Waals surface area (Å²) in [5.41, 5.74) is 5.48. The molecule has 0 spiro atoms. The number of fused-ring (bicyclic) bond motifs is 1. The number of hydrogen-bond acceptors (Lipinski definition) is 3. The fraction of sp³-hybridized carbons (Fsp3) is 0.429. The summed E-state index contributed by atoms with van der Waals surface area (Å²) in [6.45, 7) is 12.7. The number of carbonyl (C=O) groups is 2. The van der Waals surface area contributed by atoms with Gasteiger partial charge in [-0.15, -0.1) is 0 Å². The molecule has 0 bridgehead atoms. The van der Waals surface area contributed by atoms with Crippen LogP contribution in [0.15, 0.2) is 59.8 Å². The van der Waals surface area contributed by atoms with Crippen molar-refractivity contribution in [3.8, 4) is 0 Å². The number of benzene rings is 2. The quantitative estimate of drug-likeness (QED) is 0.589. The summed E-state index contributed by atoms with van der Waals surface area (Å²) in [6, 6.07) is 15.9. The molecule has 0 fully saturated rings. The van der Waals surface area contributed by atoms with Crippen molar-refractivity contribution in [1.29, 1.82) is 0 Å². The molecule has 0 radical (unpaired) electrons. The Bertz CT molecular complexity index is 1090. The molecule has 2 aromatic carbocycles. The number of anilines is 2. The van der Waals surface area contributed by atoms with E-state index in [1.807, 2.05) is 36.1 Å². The van der Waals surface area contributed by atoms with Crippen molar-refractivity contribution in [2.75, 3.05) is 10.2 Å². The molecule has 1 heterocycles. The van der Waals surface area contributed by atoms with Crippen LogP contribution in [-0.2, 0) is 15.0 Å². The molecule has 4 nitrogen and oxygen atoms in total. The molecule has 4 heteroatoms. The van der Waals surface area contributed by atoms with E-state index in [2.05, 4.69) is 64.2 Å². The maximum absolute atomic E-state index is 13.6. The molecule has 0 aromatic heterocycles. The molecule has 32 heavy (non-hydrogen) atoms. The van der Waals surface area contributed by atoms with Gasteiger partial charge >= 0.3 is 0 Å². The van der Waals surface area contributed by atoms with E-state index in [-0.39, 0.29) is 22.5 Å². The molecule has 2 aromatic rings. The van der Waals surface area contributed by atoms with E-state index in [0.717, 1.165) is 34.6 Å². The average Bonchev–Trinajstić information content (AvgIpc) is 2.86. The van der Waals surface area contributed by atoms with Gasteiger partial charge in [-0.2, -0.15) is 0 Å². The second-order valence-corrected chi connectivity index (χ2v) is 10.9. The highest BCUT2D eigenvalue weighted by molar-refractivity contribution is 6.06. The Hall–Kier alpha value is -2.88. The second-order valence-electron chi connectivity index (χ2n) is 10.9. The number of para-hydroxylation sites is 2. The van der Waals surface area contributed by atoms with Crippen molar-refractivity contribution < 1.29 is 9.59 Å². The van der Waals surface area contributed by atoms with Crippen LogP contribution in [0, 0.1) is 5.41 Å². The summed E-state index contributed by atoms with van der Waals surface area (Å²) in [5.74, 6) is 0.130. The minimum absolute atomic E-state index is 0.00975. The molecule has 2 aliphatic rings. The largest absolute Gasteiger partial charge is 0.357 e. The number of allylic oxidation sites excluding steroid dienone is 1. The van der Waals surface area contributed by atoms with E-state index < -0.39 is 6.04 Å². The van der Waals surface area contributed by atoms with Crippen molar-refractivity contribution >= 4 is 23.1 Å². The minimum atomic E-state index is -0.439. The Kier molecular flexibility index (Phi) is 5.52. The molecular weight excluding hydrogens is 396 g/mol. The lowest BCUT2D eigenvalue weighted by atomic mass is 9.73. The number of amides is 1. The molecule has 1 atom stereocenters. The third-order valence-corrected chi connectivity index (χ3v) is 6.56. The van der Waals surface area contributed by atoms with Crippen LogP contribution in [0.5, 0.6) is 0 Å². The van der Waals surface area contributed by atoms with Gasteiger partial charge in [0.2, 0.25) is 5.91 Å². The van der Waals surface area contributed by atoms with Gasteiger partial charge in [-0.25, -0.2) is 0 Å². The first-order chi connectivity index (χ1) is 15.0. The van der Waals surface area contributed by atoms with E-state index in [0.29, 0.717) is 12.8 Å². The van der Waals surface area contributed by atoms with Gasteiger partial charge in [0.15, 0.2) is 5.78 Å². The highest BCUT2D eigenvalue weighted by Crippen LogP contribution is 2.48. The van der Waals surface area contributed by atoms with Crippen molar-refractivity contribution in [2.45, 2.75) is 72.3 Å². The van der Waals surface area contributed by atoms with Crippen LogP contribution in [0.4, 0.5) is 11.4 Å². The maximum atomic E-state index is 13.6. The smallest absolute Gasteiger partial charge is 0.227 e. The van der Waals surface area contributed by atoms with Crippen LogP contribution in [0.25, 0.3) is 0 Å². The number of rotatable bonds is 2. The van der Waals surface area contributed by atoms with Crippen molar-refractivity contribution in [1.82, 2.24) is 0 Å². The molecule has 4 rings (SSSR count). The van der Waals surface area contributed by atoms with E-state index in [1.165, 1.54) is 5.56 Å². The SMILES string of the molecule is CCC(=O)N1c2ccccc2NC2=C(C(=O)CC(C)(C)C2)[C@@H]1c1ccc(C(C)(C)C)cc1. The van der Waals surface area contributed by atoms with Crippen molar-refractivity contribution in [2.24, 2.45) is 5.41 Å². The fourth-order valence-corrected chi connectivity index (χ4v) is 4.91. The topological polar surface area (TPSA) is 49.4 Å². The van der Waals surface area contributed by atoms with Gasteiger partial charge in [-0.1, -0.05) is 77.9 Å². The Morgan fingerprint density at radius 3 is 2.34 bits per heavy atom. The number of ketones is 1. The van der Waals surface area contributed by atoms with Gasteiger partial charge in [-0.3, -0.25) is 14.5 Å². The number of nitrogens with zero attached hydrogens (tertiary/aromatic N) is 1. The zero-order chi connectivity index (χ0) is 23.3. The number of hydrogen-bond donors (Lipinski definition) is 1. The zero-order valence-corrected chi connectivity index (χ0v) is 20.1. The normalized spacial score (nSPS) is 20.2. The van der Waals surface area contributed by atoms with Crippen molar-refractivity contribution in [3.05, 3.63) is 70.9 Å². The lowest BCUT2D eigenvalue weighted by Crippen LogP contribution is -2.39. The lowest BCUT2D eigenvalue weighted by molar-refractivity contribution is -0.119. The highest BCUT2D eigenvalue weighted by Gasteiger charge is 2.42. The summed E-state index contributed by atoms with van der Waals surface area (Å²) in [5, 5.41) is 3.56. The molecule has 0 saturated carbocycles. The van der Waals surface area contributed by atoms with E-state index in [4.69, 9.17) is 0 Å². The summed E-state index contributed by atoms with van der Waals surface area (Å²) >= 11 is 0. The molecule has 0 saturated heterocycles. The Morgan fingerprint density at radius 1 is 1.06 bits per heavy atom. The predicted molar refractivity (Wildman–Crippen MR) is 131 cm³/mol. The van der Waals surface area contributed by atoms with Gasteiger partial charge < -0.3 is 5.32 Å². The van der Waals surface area contributed by atoms with E-state index in [9.17, 15) is 9.59 Å². The lowest BCUT2D eigenvalue weighted by Gasteiger charge is -2.37. The van der Waals surface area contributed by atoms with Gasteiger partial charge in [0.1, 0.15) is 0 Å². The summed E-state index contributed by atoms with van der Waals surface area (Å²) in [7, 11) is 0. The first-order valence-electron chi connectivity index (χ1n) is 11.6. The highest BCUT2D eigenvalue weighted by atomic mass is 16.2. The average molecular weight is 431 g/mol. The third-order valence-electron chi connectivity index (χ3n) is 6.56. The minimum Gasteiger partial charge on any atom is -0.357 e. The van der Waals surface area contributed by atoms with Gasteiger partial charge in [0, 0.05) is 24.1 Å². The van der Waals surface area contributed by atoms with E-state index >= 15 is 0 Å². The first kappa shape index (κ1) is 22.3. The van der Waals surface area contributed by atoms with Crippen LogP contribution in [0.2, 0.25) is 0 Å². The Labute approximate surface area is 191 Å². The molecular formula is C28H34N2O2. The van der Waals surface area contributed by atoms with E-state index in [1.54, 1.807) is 0 Å². The second kappa shape index (κ2) is 7.91. The number of carbonyl (C=O) groups excluding carboxylic acids is 2. The molecule has 1 aliphatic heterocycles. The third kappa shape index (κ3) is 3.99. The summed E-state index contributed by atoms with van der Waals surface area (Å²) in [6.07, 6.45) is 1.62. The summed E-state index contributed by atoms with van der Waals surface area (Å²) in [4.78, 5) is 28.8. The molecule has 1 aliphatic carbocycles. The Balaban J connectivity index is 1.97. The first-order valence-corrected chi connectivity index (χ1v) is 11.6. The molecule has 1 amide bonds. The van der Waals surface area contributed by atoms with Gasteiger partial charge in [0.05, 0.1) is 17.4 Å². The number of Topliss-reactive ketones (excluding diaryl/α,β-unsaturated/α-hetero) is 1. The molecule has 0 unspecified atom stereocenters. The standard InChI is InChI=1S/C28H34N2O2/c1-7-24(32)30-22-11-9-8-10-20(22)29-21-16-28(5,6)17-23(31)25(21)26(30)18-12-14-19(15-13-18)27(2,3)4/h8-15,26,29H,7,16-17H2,1-6H3/t26-/m0/s1. The van der Waals surface area contributed by atoms with Crippen LogP contribution < -0.4 is 10.2 Å². The fourth-order valence-electron chi connectivity index (χ4n) is 4.91. The monoisotopic (exact) mass is 430 g/mol. The van der Waals surface area contributed by atoms with Crippen LogP contribution in [0.1, 0.15) is 78.0 Å². The molecule has 168 valence electrons. The predicted octanol–water partition coefficient (Wildman–Crippen LogP) is 6.54. The van der Waals surface area contributed by atoms with Crippen LogP contribution in [-0.4, -0.2) is 11.7 Å². The Morgan fingerprint density at radius 2 is 1.72 bits per heavy atom. The van der Waals surface area contributed by atoms with Gasteiger partial charge in [0.25, 0.3) is 0 Å². The van der Waals surface area contributed by atoms with Crippen LogP contribution in [0.3, 0.4) is 0 Å². The summed E-state index contributed by atoms with van der Waals surface area (Å²) < 4.78 is 0. The van der Waals surface area contributed by atoms with Gasteiger partial charge in [-0.05, 0) is 40.5 Å².